The topological polar surface area (TPSA) is 13.7 Å². The zero-order valence-electron chi connectivity index (χ0n) is 15.8. The molecule has 1 atom stereocenters. The molecule has 1 aromatic heterocycles. The summed E-state index contributed by atoms with van der Waals surface area (Å²) in [7, 11) is 4.40. The summed E-state index contributed by atoms with van der Waals surface area (Å²) in [6.45, 7) is 3.08. The highest BCUT2D eigenvalue weighted by atomic mass is 35.5. The first-order valence-electron chi connectivity index (χ1n) is 9.03. The molecule has 0 spiro atoms. The van der Waals surface area contributed by atoms with Crippen LogP contribution in [-0.4, -0.2) is 20.6 Å². The molecule has 0 fully saturated rings. The quantitative estimate of drug-likeness (QED) is 0.697. The minimum Gasteiger partial charge on any atom is -1.00 e. The van der Waals surface area contributed by atoms with Crippen molar-refractivity contribution in [3.8, 4) is 5.75 Å². The molecule has 1 N–H and O–H groups in total. The van der Waals surface area contributed by atoms with Gasteiger partial charge in [0, 0.05) is 17.1 Å². The summed E-state index contributed by atoms with van der Waals surface area (Å²) in [6, 6.07) is 21.6. The van der Waals surface area contributed by atoms with Crippen LogP contribution in [0.4, 0.5) is 0 Å². The van der Waals surface area contributed by atoms with Crippen LogP contribution in [0.1, 0.15) is 27.5 Å². The minimum absolute atomic E-state index is 0. The maximum absolute atomic E-state index is 6.44. The first-order valence-corrected chi connectivity index (χ1v) is 9.90. The van der Waals surface area contributed by atoms with Gasteiger partial charge in [0.15, 0.2) is 0 Å². The van der Waals surface area contributed by atoms with E-state index < -0.39 is 0 Å². The van der Waals surface area contributed by atoms with E-state index in [-0.39, 0.29) is 18.3 Å². The van der Waals surface area contributed by atoms with Gasteiger partial charge < -0.3 is 22.0 Å². The first kappa shape index (κ1) is 19.7. The van der Waals surface area contributed by atoms with Crippen LogP contribution in [0.2, 0.25) is 0 Å². The lowest BCUT2D eigenvalue weighted by Crippen LogP contribution is -3.06. The minimum atomic E-state index is 0. The number of aryl methyl sites for hydroxylation is 1. The Morgan fingerprint density at radius 2 is 1.70 bits per heavy atom. The van der Waals surface area contributed by atoms with Gasteiger partial charge in [0.25, 0.3) is 0 Å². The number of halogens is 1. The number of hydrogen-bond donors (Lipinski definition) is 1. The molecule has 0 saturated heterocycles. The van der Waals surface area contributed by atoms with Crippen molar-refractivity contribution < 1.29 is 22.0 Å². The van der Waals surface area contributed by atoms with E-state index in [1.54, 1.807) is 11.3 Å². The van der Waals surface area contributed by atoms with E-state index in [9.17, 15) is 0 Å². The largest absolute Gasteiger partial charge is 1.00 e. The van der Waals surface area contributed by atoms with Gasteiger partial charge in [-0.15, -0.1) is 11.3 Å². The Kier molecular flexibility index (Phi) is 6.05. The lowest BCUT2D eigenvalue weighted by Gasteiger charge is -2.31. The molecule has 0 aliphatic carbocycles. The molecular formula is C23H24ClNOS. The van der Waals surface area contributed by atoms with Gasteiger partial charge in [0.1, 0.15) is 18.1 Å². The fraction of sp³-hybridized carbons (Fsp3) is 0.217. The zero-order valence-corrected chi connectivity index (χ0v) is 17.4. The Morgan fingerprint density at radius 1 is 0.963 bits per heavy atom. The van der Waals surface area contributed by atoms with Crippen LogP contribution in [0, 0.1) is 6.92 Å². The molecule has 1 aliphatic heterocycles. The highest BCUT2D eigenvalue weighted by Crippen LogP contribution is 2.45. The molecule has 2 aromatic carbocycles. The van der Waals surface area contributed by atoms with Gasteiger partial charge in [-0.25, -0.2) is 0 Å². The van der Waals surface area contributed by atoms with Crippen LogP contribution in [-0.2, 0) is 0 Å². The third-order valence-corrected chi connectivity index (χ3v) is 5.65. The molecule has 1 unspecified atom stereocenters. The van der Waals surface area contributed by atoms with Crippen molar-refractivity contribution in [1.82, 2.24) is 0 Å². The van der Waals surface area contributed by atoms with E-state index in [0.717, 1.165) is 18.1 Å². The average Bonchev–Trinajstić information content (AvgIpc) is 3.16. The molecule has 0 amide bonds. The molecule has 0 bridgehead atoms. The predicted molar refractivity (Wildman–Crippen MR) is 109 cm³/mol. The van der Waals surface area contributed by atoms with E-state index >= 15 is 0 Å². The van der Waals surface area contributed by atoms with E-state index in [0.29, 0.717) is 0 Å². The maximum Gasteiger partial charge on any atom is 0.150 e. The lowest BCUT2D eigenvalue weighted by molar-refractivity contribution is -0.853. The molecule has 2 heterocycles. The fourth-order valence-electron chi connectivity index (χ4n) is 3.63. The van der Waals surface area contributed by atoms with Gasteiger partial charge in [-0.1, -0.05) is 54.1 Å². The fourth-order valence-corrected chi connectivity index (χ4v) is 4.37. The second-order valence-electron chi connectivity index (χ2n) is 7.20. The van der Waals surface area contributed by atoms with Crippen molar-refractivity contribution >= 4 is 17.1 Å². The van der Waals surface area contributed by atoms with E-state index in [2.05, 4.69) is 87.1 Å². The van der Waals surface area contributed by atoms with E-state index in [4.69, 9.17) is 4.74 Å². The second-order valence-corrected chi connectivity index (χ2v) is 8.15. The number of nitrogens with one attached hydrogen (secondary N) is 1. The summed E-state index contributed by atoms with van der Waals surface area (Å²) in [5.41, 5.74) is 5.23. The summed E-state index contributed by atoms with van der Waals surface area (Å²) in [6.07, 6.45) is 0. The van der Waals surface area contributed by atoms with Crippen molar-refractivity contribution in [3.63, 3.8) is 0 Å². The highest BCUT2D eigenvalue weighted by Gasteiger charge is 2.33. The second kappa shape index (κ2) is 8.30. The molecule has 4 rings (SSSR count). The van der Waals surface area contributed by atoms with Crippen molar-refractivity contribution in [2.24, 2.45) is 0 Å². The maximum atomic E-state index is 6.44. The Hall–Kier alpha value is -2.07. The third-order valence-electron chi connectivity index (χ3n) is 4.78. The summed E-state index contributed by atoms with van der Waals surface area (Å²) in [5, 5.41) is 2.12. The van der Waals surface area contributed by atoms with Crippen LogP contribution in [0.3, 0.4) is 0 Å². The number of benzene rings is 2. The molecule has 0 saturated carbocycles. The SMILES string of the molecule is Cc1ccc(C2C(C[NH+](C)C)=C(c3cccs3)Oc3ccccc32)cc1.[Cl-]. The van der Waals surface area contributed by atoms with E-state index in [1.807, 2.05) is 0 Å². The van der Waals surface area contributed by atoms with Gasteiger partial charge >= 0.3 is 0 Å². The van der Waals surface area contributed by atoms with Crippen LogP contribution < -0.4 is 22.0 Å². The molecule has 4 heteroatoms. The molecule has 2 nitrogen and oxygen atoms in total. The standard InChI is InChI=1S/C23H23NOS.ClH/c1-16-10-12-17(13-11-16)22-18-7-4-5-8-20(18)25-23(19(22)15-24(2)3)21-9-6-14-26-21;/h4-14,22H,15H2,1-3H3;1H. The number of quaternary nitrogens is 1. The van der Waals surface area contributed by atoms with Crippen LogP contribution in [0.25, 0.3) is 5.76 Å². The van der Waals surface area contributed by atoms with Crippen molar-refractivity contribution in [2.45, 2.75) is 12.8 Å². The van der Waals surface area contributed by atoms with Crippen LogP contribution in [0.5, 0.6) is 5.75 Å². The molecule has 0 radical (unpaired) electrons. The lowest BCUT2D eigenvalue weighted by atomic mass is 9.81. The van der Waals surface area contributed by atoms with E-state index in [1.165, 1.54) is 32.0 Å². The van der Waals surface area contributed by atoms with Crippen LogP contribution >= 0.6 is 11.3 Å². The van der Waals surface area contributed by atoms with Crippen molar-refractivity contribution in [1.29, 1.82) is 0 Å². The summed E-state index contributed by atoms with van der Waals surface area (Å²) in [4.78, 5) is 2.60. The zero-order chi connectivity index (χ0) is 18.1. The smallest absolute Gasteiger partial charge is 0.150 e. The number of fused-ring (bicyclic) bond motifs is 1. The number of thiophene rings is 1. The third kappa shape index (κ3) is 3.96. The van der Waals surface area contributed by atoms with Crippen LogP contribution in [0.15, 0.2) is 71.6 Å². The Morgan fingerprint density at radius 3 is 2.37 bits per heavy atom. The average molecular weight is 398 g/mol. The molecule has 3 aromatic rings. The Balaban J connectivity index is 0.00000210. The number of ether oxygens (including phenoxy) is 1. The van der Waals surface area contributed by atoms with Crippen molar-refractivity contribution in [3.05, 3.63) is 93.2 Å². The Labute approximate surface area is 171 Å². The summed E-state index contributed by atoms with van der Waals surface area (Å²) in [5.74, 6) is 2.23. The van der Waals surface area contributed by atoms with Gasteiger partial charge in [-0.2, -0.15) is 0 Å². The molecular weight excluding hydrogens is 374 g/mol. The molecule has 1 aliphatic rings. The monoisotopic (exact) mass is 397 g/mol. The number of para-hydroxylation sites is 1. The first-order chi connectivity index (χ1) is 12.6. The van der Waals surface area contributed by atoms with Gasteiger partial charge in [-0.3, -0.25) is 0 Å². The van der Waals surface area contributed by atoms with Gasteiger partial charge in [0.2, 0.25) is 0 Å². The van der Waals surface area contributed by atoms with Gasteiger partial charge in [-0.05, 0) is 30.0 Å². The Bertz CT molecular complexity index is 929. The van der Waals surface area contributed by atoms with Crippen molar-refractivity contribution in [2.75, 3.05) is 20.6 Å². The van der Waals surface area contributed by atoms with Gasteiger partial charge in [0.05, 0.1) is 19.0 Å². The summed E-state index contributed by atoms with van der Waals surface area (Å²) >= 11 is 1.74. The summed E-state index contributed by atoms with van der Waals surface area (Å²) < 4.78 is 6.44. The normalized spacial score (nSPS) is 15.9. The molecule has 27 heavy (non-hydrogen) atoms. The number of hydrogen-bond acceptors (Lipinski definition) is 2. The predicted octanol–water partition coefficient (Wildman–Crippen LogP) is 1.14. The number of rotatable bonds is 4. The number of likely N-dealkylation sites (N-methyl/N-ethyl adjacent to an activating group) is 1. The highest BCUT2D eigenvalue weighted by molar-refractivity contribution is 7.11. The molecule has 140 valence electrons.